The molecule has 1 saturated heterocycles. The minimum Gasteiger partial charge on any atom is -0.496 e. The summed E-state index contributed by atoms with van der Waals surface area (Å²) in [6, 6.07) is 6.22. The van der Waals surface area contributed by atoms with Gasteiger partial charge in [-0.3, -0.25) is 0 Å². The molecule has 0 saturated carbocycles. The number of aliphatic imine (C=N–C) groups is 1. The number of hydrogen-bond acceptors (Lipinski definition) is 5. The van der Waals surface area contributed by atoms with Crippen LogP contribution in [-0.4, -0.2) is 44.2 Å². The molecular formula is C21H31N5OS. The maximum Gasteiger partial charge on any atom is 0.191 e. The Kier molecular flexibility index (Phi) is 7.54. The van der Waals surface area contributed by atoms with Gasteiger partial charge in [0, 0.05) is 43.5 Å². The number of hydrogen-bond donors (Lipinski definition) is 2. The lowest BCUT2D eigenvalue weighted by Crippen LogP contribution is -2.38. The predicted octanol–water partition coefficient (Wildman–Crippen LogP) is 3.36. The molecule has 1 fully saturated rings. The Balaban J connectivity index is 1.53. The summed E-state index contributed by atoms with van der Waals surface area (Å²) in [7, 11) is 1.70. The largest absolute Gasteiger partial charge is 0.496 e. The molecule has 0 amide bonds. The molecular weight excluding hydrogens is 370 g/mol. The molecule has 1 aromatic carbocycles. The van der Waals surface area contributed by atoms with Crippen molar-refractivity contribution in [3.63, 3.8) is 0 Å². The van der Waals surface area contributed by atoms with Crippen molar-refractivity contribution in [1.82, 2.24) is 15.6 Å². The van der Waals surface area contributed by atoms with E-state index in [1.54, 1.807) is 18.4 Å². The molecule has 0 unspecified atom stereocenters. The average molecular weight is 402 g/mol. The molecule has 0 radical (unpaired) electrons. The van der Waals surface area contributed by atoms with Crippen LogP contribution in [0.3, 0.4) is 0 Å². The van der Waals surface area contributed by atoms with Gasteiger partial charge in [0.2, 0.25) is 0 Å². The van der Waals surface area contributed by atoms with Gasteiger partial charge in [0.25, 0.3) is 0 Å². The number of aryl methyl sites for hydroxylation is 1. The van der Waals surface area contributed by atoms with Crippen LogP contribution in [0, 0.1) is 6.92 Å². The molecule has 0 spiro atoms. The first-order chi connectivity index (χ1) is 13.7. The minimum atomic E-state index is 0.578. The van der Waals surface area contributed by atoms with Crippen LogP contribution < -0.4 is 20.3 Å². The smallest absolute Gasteiger partial charge is 0.191 e. The summed E-state index contributed by atoms with van der Waals surface area (Å²) in [5.74, 6) is 1.71. The molecule has 28 heavy (non-hydrogen) atoms. The van der Waals surface area contributed by atoms with Crippen molar-refractivity contribution in [2.75, 3.05) is 38.2 Å². The maximum atomic E-state index is 5.48. The van der Waals surface area contributed by atoms with Gasteiger partial charge >= 0.3 is 0 Å². The Hall–Kier alpha value is -2.28. The number of anilines is 1. The maximum absolute atomic E-state index is 5.48. The average Bonchev–Trinajstić information content (AvgIpc) is 3.38. The molecule has 1 aromatic heterocycles. The summed E-state index contributed by atoms with van der Waals surface area (Å²) in [4.78, 5) is 11.9. The van der Waals surface area contributed by atoms with Crippen LogP contribution in [0.5, 0.6) is 5.75 Å². The van der Waals surface area contributed by atoms with Gasteiger partial charge in [-0.1, -0.05) is 12.1 Å². The second-order valence-electron chi connectivity index (χ2n) is 7.00. The van der Waals surface area contributed by atoms with Gasteiger partial charge in [-0.25, -0.2) is 9.98 Å². The Labute approximate surface area is 172 Å². The lowest BCUT2D eigenvalue weighted by atomic mass is 10.1. The lowest BCUT2D eigenvalue weighted by molar-refractivity contribution is 0.409. The molecule has 3 rings (SSSR count). The van der Waals surface area contributed by atoms with Crippen molar-refractivity contribution in [1.29, 1.82) is 0 Å². The molecule has 0 atom stereocenters. The van der Waals surface area contributed by atoms with E-state index in [0.29, 0.717) is 6.54 Å². The van der Waals surface area contributed by atoms with E-state index in [1.165, 1.54) is 23.5 Å². The van der Waals surface area contributed by atoms with E-state index >= 15 is 0 Å². The quantitative estimate of drug-likeness (QED) is 0.525. The van der Waals surface area contributed by atoms with Gasteiger partial charge in [-0.15, -0.1) is 11.3 Å². The Morgan fingerprint density at radius 1 is 1.29 bits per heavy atom. The SMILES string of the molecule is CCNC(=NCc1ccc(C)cc1OC)NCCc1csc(N2CCCC2)n1. The fourth-order valence-electron chi connectivity index (χ4n) is 3.26. The number of thiazole rings is 1. The van der Waals surface area contributed by atoms with Gasteiger partial charge in [-0.05, 0) is 38.3 Å². The molecule has 6 nitrogen and oxygen atoms in total. The molecule has 2 N–H and O–H groups in total. The van der Waals surface area contributed by atoms with E-state index in [4.69, 9.17) is 14.7 Å². The Bertz CT molecular complexity index is 783. The first-order valence-electron chi connectivity index (χ1n) is 10.0. The van der Waals surface area contributed by atoms with Gasteiger partial charge < -0.3 is 20.3 Å². The topological polar surface area (TPSA) is 61.8 Å². The van der Waals surface area contributed by atoms with Gasteiger partial charge in [-0.2, -0.15) is 0 Å². The molecule has 152 valence electrons. The van der Waals surface area contributed by atoms with E-state index in [0.717, 1.165) is 55.6 Å². The van der Waals surface area contributed by atoms with Crippen molar-refractivity contribution >= 4 is 22.4 Å². The van der Waals surface area contributed by atoms with Crippen molar-refractivity contribution in [2.24, 2.45) is 4.99 Å². The van der Waals surface area contributed by atoms with Crippen molar-refractivity contribution in [3.8, 4) is 5.75 Å². The second-order valence-corrected chi connectivity index (χ2v) is 7.84. The van der Waals surface area contributed by atoms with E-state index in [2.05, 4.69) is 46.9 Å². The fourth-order valence-corrected chi connectivity index (χ4v) is 4.18. The van der Waals surface area contributed by atoms with E-state index in [-0.39, 0.29) is 0 Å². The van der Waals surface area contributed by atoms with E-state index in [1.807, 2.05) is 6.07 Å². The van der Waals surface area contributed by atoms with Crippen molar-refractivity contribution < 1.29 is 4.74 Å². The monoisotopic (exact) mass is 401 g/mol. The highest BCUT2D eigenvalue weighted by Crippen LogP contribution is 2.24. The summed E-state index contributed by atoms with van der Waals surface area (Å²) in [5, 5.41) is 10.1. The van der Waals surface area contributed by atoms with Crippen LogP contribution in [0.4, 0.5) is 5.13 Å². The minimum absolute atomic E-state index is 0.578. The van der Waals surface area contributed by atoms with Crippen LogP contribution >= 0.6 is 11.3 Å². The zero-order chi connectivity index (χ0) is 19.8. The van der Waals surface area contributed by atoms with Crippen molar-refractivity contribution in [2.45, 2.75) is 39.7 Å². The number of ether oxygens (including phenoxy) is 1. The number of rotatable bonds is 8. The summed E-state index contributed by atoms with van der Waals surface area (Å²) < 4.78 is 5.48. The number of aromatic nitrogens is 1. The Morgan fingerprint density at radius 2 is 2.11 bits per heavy atom. The Morgan fingerprint density at radius 3 is 2.86 bits per heavy atom. The molecule has 7 heteroatoms. The summed E-state index contributed by atoms with van der Waals surface area (Å²) in [6.45, 7) is 8.64. The summed E-state index contributed by atoms with van der Waals surface area (Å²) >= 11 is 1.76. The molecule has 2 heterocycles. The molecule has 0 bridgehead atoms. The van der Waals surface area contributed by atoms with Gasteiger partial charge in [0.1, 0.15) is 5.75 Å². The standard InChI is InChI=1S/C21H31N5OS/c1-4-22-20(24-14-17-8-7-16(2)13-19(17)27-3)23-10-9-18-15-28-21(25-18)26-11-5-6-12-26/h7-8,13,15H,4-6,9-12,14H2,1-3H3,(H2,22,23,24). The number of nitrogens with zero attached hydrogens (tertiary/aromatic N) is 3. The van der Waals surface area contributed by atoms with E-state index in [9.17, 15) is 0 Å². The third kappa shape index (κ3) is 5.61. The molecule has 0 aliphatic carbocycles. The highest BCUT2D eigenvalue weighted by molar-refractivity contribution is 7.13. The fraction of sp³-hybridized carbons (Fsp3) is 0.524. The zero-order valence-corrected chi connectivity index (χ0v) is 17.9. The molecule has 2 aromatic rings. The molecule has 1 aliphatic heterocycles. The second kappa shape index (κ2) is 10.3. The number of nitrogens with one attached hydrogen (secondary N) is 2. The highest BCUT2D eigenvalue weighted by atomic mass is 32.1. The van der Waals surface area contributed by atoms with Gasteiger partial charge in [0.05, 0.1) is 19.3 Å². The zero-order valence-electron chi connectivity index (χ0n) is 17.1. The summed E-state index contributed by atoms with van der Waals surface area (Å²) in [5.41, 5.74) is 3.42. The van der Waals surface area contributed by atoms with Crippen molar-refractivity contribution in [3.05, 3.63) is 40.4 Å². The summed E-state index contributed by atoms with van der Waals surface area (Å²) in [6.07, 6.45) is 3.46. The number of benzene rings is 1. The third-order valence-electron chi connectivity index (χ3n) is 4.78. The van der Waals surface area contributed by atoms with Crippen LogP contribution in [0.25, 0.3) is 0 Å². The van der Waals surface area contributed by atoms with Gasteiger partial charge in [0.15, 0.2) is 11.1 Å². The third-order valence-corrected chi connectivity index (χ3v) is 5.73. The van der Waals surface area contributed by atoms with Crippen LogP contribution in [0.1, 0.15) is 36.6 Å². The van der Waals surface area contributed by atoms with Crippen LogP contribution in [0.15, 0.2) is 28.6 Å². The van der Waals surface area contributed by atoms with E-state index < -0.39 is 0 Å². The lowest BCUT2D eigenvalue weighted by Gasteiger charge is -2.13. The number of methoxy groups -OCH3 is 1. The molecule has 1 aliphatic rings. The first-order valence-corrected chi connectivity index (χ1v) is 10.9. The first kappa shape index (κ1) is 20.5. The highest BCUT2D eigenvalue weighted by Gasteiger charge is 2.15. The normalized spacial score (nSPS) is 14.4. The van der Waals surface area contributed by atoms with Crippen LogP contribution in [-0.2, 0) is 13.0 Å². The number of guanidine groups is 1. The predicted molar refractivity (Wildman–Crippen MR) is 118 cm³/mol. The van der Waals surface area contributed by atoms with Crippen LogP contribution in [0.2, 0.25) is 0 Å².